The molecule has 6 nitrogen and oxygen atoms in total. The van der Waals surface area contributed by atoms with Gasteiger partial charge in [0.25, 0.3) is 0 Å². The van der Waals surface area contributed by atoms with Crippen LogP contribution in [0.3, 0.4) is 0 Å². The number of carbonyl (C=O) groups excluding carboxylic acids is 3. The molecule has 2 saturated heterocycles. The van der Waals surface area contributed by atoms with E-state index in [2.05, 4.69) is 4.90 Å². The molecule has 2 heterocycles. The third-order valence-corrected chi connectivity index (χ3v) is 5.85. The Labute approximate surface area is 176 Å². The van der Waals surface area contributed by atoms with Gasteiger partial charge < -0.3 is 4.74 Å². The summed E-state index contributed by atoms with van der Waals surface area (Å²) in [5.41, 5.74) is 2.21. The molecule has 2 aliphatic rings. The Bertz CT molecular complexity index is 900. The molecule has 0 radical (unpaired) electrons. The van der Waals surface area contributed by atoms with Crippen LogP contribution in [0.25, 0.3) is 0 Å². The van der Waals surface area contributed by atoms with E-state index in [-0.39, 0.29) is 30.7 Å². The van der Waals surface area contributed by atoms with Crippen LogP contribution in [0.2, 0.25) is 0 Å². The molecule has 0 bridgehead atoms. The fourth-order valence-corrected chi connectivity index (χ4v) is 4.16. The highest BCUT2D eigenvalue weighted by Crippen LogP contribution is 2.23. The first-order chi connectivity index (χ1) is 14.6. The number of hydrogen-bond donors (Lipinski definition) is 0. The van der Waals surface area contributed by atoms with E-state index in [4.69, 9.17) is 4.74 Å². The van der Waals surface area contributed by atoms with Gasteiger partial charge in [0.1, 0.15) is 24.3 Å². The SMILES string of the molecule is O=C1CCN(Cc2ccccc2)CC1C(=O)C[C@H]1C(=O)OCN1Cc1ccccc1. The maximum Gasteiger partial charge on any atom is 0.325 e. The zero-order chi connectivity index (χ0) is 20.9. The van der Waals surface area contributed by atoms with Crippen molar-refractivity contribution in [2.45, 2.75) is 32.0 Å². The van der Waals surface area contributed by atoms with Crippen molar-refractivity contribution in [3.8, 4) is 0 Å². The van der Waals surface area contributed by atoms with Crippen LogP contribution >= 0.6 is 0 Å². The first-order valence-electron chi connectivity index (χ1n) is 10.4. The van der Waals surface area contributed by atoms with Crippen LogP contribution in [-0.2, 0) is 32.2 Å². The van der Waals surface area contributed by atoms with Gasteiger partial charge in [-0.15, -0.1) is 0 Å². The van der Waals surface area contributed by atoms with E-state index in [1.807, 2.05) is 65.6 Å². The number of carbonyl (C=O) groups is 3. The van der Waals surface area contributed by atoms with Gasteiger partial charge in [-0.1, -0.05) is 60.7 Å². The maximum atomic E-state index is 13.0. The van der Waals surface area contributed by atoms with Gasteiger partial charge in [-0.2, -0.15) is 0 Å². The molecule has 2 aromatic carbocycles. The van der Waals surface area contributed by atoms with Crippen LogP contribution in [0, 0.1) is 5.92 Å². The standard InChI is InChI=1S/C24H26N2O4/c27-22-11-12-25(14-18-7-3-1-4-8-18)16-20(22)23(28)13-21-24(29)30-17-26(21)15-19-9-5-2-6-10-19/h1-10,20-21H,11-17H2/t20?,21-/m0/s1. The topological polar surface area (TPSA) is 66.9 Å². The fraction of sp³-hybridized carbons (Fsp3) is 0.375. The minimum atomic E-state index is -0.672. The van der Waals surface area contributed by atoms with E-state index in [1.54, 1.807) is 0 Å². The summed E-state index contributed by atoms with van der Waals surface area (Å²) < 4.78 is 5.20. The Balaban J connectivity index is 1.39. The minimum absolute atomic E-state index is 0.0151. The highest BCUT2D eigenvalue weighted by atomic mass is 16.6. The van der Waals surface area contributed by atoms with Crippen LogP contribution in [0.15, 0.2) is 60.7 Å². The molecule has 0 aliphatic carbocycles. The number of ketones is 2. The number of cyclic esters (lactones) is 1. The lowest BCUT2D eigenvalue weighted by molar-refractivity contribution is -0.142. The first kappa shape index (κ1) is 20.4. The molecule has 2 aliphatic heterocycles. The molecular weight excluding hydrogens is 380 g/mol. The van der Waals surface area contributed by atoms with Crippen molar-refractivity contribution in [2.24, 2.45) is 5.92 Å². The first-order valence-corrected chi connectivity index (χ1v) is 10.4. The van der Waals surface area contributed by atoms with Crippen molar-refractivity contribution in [3.05, 3.63) is 71.8 Å². The quantitative estimate of drug-likeness (QED) is 0.520. The normalized spacial score (nSPS) is 22.8. The van der Waals surface area contributed by atoms with Gasteiger partial charge in [0.2, 0.25) is 0 Å². The van der Waals surface area contributed by atoms with E-state index in [0.29, 0.717) is 32.6 Å². The molecule has 156 valence electrons. The van der Waals surface area contributed by atoms with Crippen molar-refractivity contribution in [1.82, 2.24) is 9.80 Å². The lowest BCUT2D eigenvalue weighted by Crippen LogP contribution is -2.45. The van der Waals surface area contributed by atoms with Crippen molar-refractivity contribution in [2.75, 3.05) is 19.8 Å². The summed E-state index contributed by atoms with van der Waals surface area (Å²) in [4.78, 5) is 41.8. The fourth-order valence-electron chi connectivity index (χ4n) is 4.16. The van der Waals surface area contributed by atoms with Gasteiger partial charge in [0, 0.05) is 39.0 Å². The number of hydrogen-bond acceptors (Lipinski definition) is 6. The summed E-state index contributed by atoms with van der Waals surface area (Å²) in [6, 6.07) is 19.2. The zero-order valence-electron chi connectivity index (χ0n) is 16.9. The largest absolute Gasteiger partial charge is 0.448 e. The highest BCUT2D eigenvalue weighted by Gasteiger charge is 2.40. The van der Waals surface area contributed by atoms with Crippen molar-refractivity contribution in [3.63, 3.8) is 0 Å². The van der Waals surface area contributed by atoms with Crippen LogP contribution in [-0.4, -0.2) is 53.2 Å². The van der Waals surface area contributed by atoms with Gasteiger partial charge in [0.15, 0.2) is 0 Å². The molecule has 2 aromatic rings. The van der Waals surface area contributed by atoms with Crippen LogP contribution in [0.1, 0.15) is 24.0 Å². The summed E-state index contributed by atoms with van der Waals surface area (Å²) in [5.74, 6) is -1.25. The van der Waals surface area contributed by atoms with Crippen LogP contribution in [0.5, 0.6) is 0 Å². The highest BCUT2D eigenvalue weighted by molar-refractivity contribution is 6.04. The number of likely N-dealkylation sites (tertiary alicyclic amines) is 1. The third kappa shape index (κ3) is 4.83. The molecular formula is C24H26N2O4. The number of benzene rings is 2. The lowest BCUT2D eigenvalue weighted by Gasteiger charge is -2.31. The van der Waals surface area contributed by atoms with Crippen molar-refractivity contribution >= 4 is 17.5 Å². The zero-order valence-corrected chi connectivity index (χ0v) is 16.9. The Kier molecular flexibility index (Phi) is 6.35. The molecule has 4 rings (SSSR count). The molecule has 30 heavy (non-hydrogen) atoms. The second-order valence-electron chi connectivity index (χ2n) is 8.00. The van der Waals surface area contributed by atoms with Crippen LogP contribution < -0.4 is 0 Å². The molecule has 0 amide bonds. The lowest BCUT2D eigenvalue weighted by atomic mass is 9.88. The number of piperidine rings is 1. The molecule has 2 fully saturated rings. The van der Waals surface area contributed by atoms with Gasteiger partial charge in [0.05, 0.1) is 5.92 Å². The van der Waals surface area contributed by atoms with E-state index in [0.717, 1.165) is 11.1 Å². The number of rotatable bonds is 7. The summed E-state index contributed by atoms with van der Waals surface area (Å²) in [6.45, 7) is 2.48. The Morgan fingerprint density at radius 3 is 2.23 bits per heavy atom. The van der Waals surface area contributed by atoms with E-state index in [9.17, 15) is 14.4 Å². The van der Waals surface area contributed by atoms with Crippen LogP contribution in [0.4, 0.5) is 0 Å². The molecule has 0 aromatic heterocycles. The Morgan fingerprint density at radius 2 is 1.57 bits per heavy atom. The minimum Gasteiger partial charge on any atom is -0.448 e. The predicted molar refractivity (Wildman–Crippen MR) is 111 cm³/mol. The van der Waals surface area contributed by atoms with E-state index in [1.165, 1.54) is 0 Å². The van der Waals surface area contributed by atoms with Gasteiger partial charge in [-0.05, 0) is 11.1 Å². The second kappa shape index (κ2) is 9.32. The molecule has 2 atom stereocenters. The van der Waals surface area contributed by atoms with Gasteiger partial charge in [-0.3, -0.25) is 24.2 Å². The van der Waals surface area contributed by atoms with E-state index >= 15 is 0 Å². The number of Topliss-reactive ketones (excluding diaryl/α,β-unsaturated/α-hetero) is 2. The molecule has 1 unspecified atom stereocenters. The number of ether oxygens (including phenoxy) is 1. The molecule has 0 saturated carbocycles. The van der Waals surface area contributed by atoms with Crippen molar-refractivity contribution < 1.29 is 19.1 Å². The summed E-state index contributed by atoms with van der Waals surface area (Å²) >= 11 is 0. The average molecular weight is 406 g/mol. The Morgan fingerprint density at radius 1 is 0.933 bits per heavy atom. The summed E-state index contributed by atoms with van der Waals surface area (Å²) in [5, 5.41) is 0. The van der Waals surface area contributed by atoms with Gasteiger partial charge in [-0.25, -0.2) is 0 Å². The van der Waals surface area contributed by atoms with Crippen molar-refractivity contribution in [1.29, 1.82) is 0 Å². The van der Waals surface area contributed by atoms with E-state index < -0.39 is 12.0 Å². The van der Waals surface area contributed by atoms with Gasteiger partial charge >= 0.3 is 5.97 Å². The smallest absolute Gasteiger partial charge is 0.325 e. The Hall–Kier alpha value is -2.83. The predicted octanol–water partition coefficient (Wildman–Crippen LogP) is 2.42. The number of nitrogens with zero attached hydrogens (tertiary/aromatic N) is 2. The summed E-state index contributed by atoms with van der Waals surface area (Å²) in [7, 11) is 0. The summed E-state index contributed by atoms with van der Waals surface area (Å²) in [6.07, 6.45) is 0.382. The second-order valence-corrected chi connectivity index (χ2v) is 8.00. The monoisotopic (exact) mass is 406 g/mol. The maximum absolute atomic E-state index is 13.0. The third-order valence-electron chi connectivity index (χ3n) is 5.85. The molecule has 0 spiro atoms. The average Bonchev–Trinajstić information content (AvgIpc) is 3.10. The molecule has 0 N–H and O–H groups in total. The number of esters is 1. The molecule has 6 heteroatoms.